The number of hydrogen-bond acceptors (Lipinski definition) is 6. The van der Waals surface area contributed by atoms with Crippen molar-refractivity contribution in [3.63, 3.8) is 0 Å². The van der Waals surface area contributed by atoms with Gasteiger partial charge >= 0.3 is 0 Å². The molecule has 0 amide bonds. The molecule has 0 aliphatic heterocycles. The lowest BCUT2D eigenvalue weighted by Gasteiger charge is -2.12. The van der Waals surface area contributed by atoms with E-state index in [4.69, 9.17) is 19.9 Å². The van der Waals surface area contributed by atoms with Crippen LogP contribution < -0.4 is 19.9 Å². The Morgan fingerprint density at radius 3 is 2.50 bits per heavy atom. The van der Waals surface area contributed by atoms with Crippen LogP contribution in [0.2, 0.25) is 0 Å². The maximum atomic E-state index is 10.8. The molecule has 0 saturated carbocycles. The van der Waals surface area contributed by atoms with Crippen LogP contribution in [0.3, 0.4) is 0 Å². The first-order chi connectivity index (χ1) is 10.5. The number of hydrogen-bond donors (Lipinski definition) is 1. The zero-order valence-electron chi connectivity index (χ0n) is 12.2. The van der Waals surface area contributed by atoms with Gasteiger partial charge in [-0.15, -0.1) is 0 Å². The van der Waals surface area contributed by atoms with Crippen LogP contribution in [0, 0.1) is 10.1 Å². The Labute approximate surface area is 127 Å². The maximum Gasteiger partial charge on any atom is 0.273 e. The highest BCUT2D eigenvalue weighted by Gasteiger charge is 2.12. The second kappa shape index (κ2) is 6.66. The summed E-state index contributed by atoms with van der Waals surface area (Å²) in [4.78, 5) is 10.3. The molecule has 2 aromatic rings. The van der Waals surface area contributed by atoms with E-state index in [1.54, 1.807) is 32.4 Å². The number of methoxy groups -OCH3 is 2. The van der Waals surface area contributed by atoms with Gasteiger partial charge in [-0.2, -0.15) is 0 Å². The third kappa shape index (κ3) is 3.38. The van der Waals surface area contributed by atoms with Gasteiger partial charge in [-0.05, 0) is 24.3 Å². The molecule has 0 unspecified atom stereocenters. The molecule has 0 spiro atoms. The van der Waals surface area contributed by atoms with E-state index in [-0.39, 0.29) is 18.0 Å². The number of ether oxygens (including phenoxy) is 3. The van der Waals surface area contributed by atoms with E-state index >= 15 is 0 Å². The molecule has 0 fully saturated rings. The molecule has 2 N–H and O–H groups in total. The van der Waals surface area contributed by atoms with E-state index < -0.39 is 4.92 Å². The minimum atomic E-state index is -0.502. The molecule has 0 aliphatic rings. The first kappa shape index (κ1) is 15.4. The third-order valence-electron chi connectivity index (χ3n) is 3.08. The Bertz CT molecular complexity index is 688. The van der Waals surface area contributed by atoms with Crippen LogP contribution in [-0.2, 0) is 6.61 Å². The number of anilines is 1. The molecule has 7 nitrogen and oxygen atoms in total. The number of nitrogens with zero attached hydrogens (tertiary/aromatic N) is 1. The number of rotatable bonds is 6. The zero-order chi connectivity index (χ0) is 16.1. The van der Waals surface area contributed by atoms with Crippen LogP contribution in [0.4, 0.5) is 11.4 Å². The molecule has 0 aliphatic carbocycles. The fourth-order valence-electron chi connectivity index (χ4n) is 1.91. The predicted molar refractivity (Wildman–Crippen MR) is 81.4 cm³/mol. The minimum Gasteiger partial charge on any atom is -0.497 e. The Hall–Kier alpha value is -2.96. The second-order valence-electron chi connectivity index (χ2n) is 4.45. The molecule has 7 heteroatoms. The van der Waals surface area contributed by atoms with Crippen molar-refractivity contribution < 1.29 is 19.1 Å². The van der Waals surface area contributed by atoms with Crippen LogP contribution in [0.1, 0.15) is 5.56 Å². The molecular weight excluding hydrogens is 288 g/mol. The molecule has 0 heterocycles. The van der Waals surface area contributed by atoms with E-state index in [1.807, 2.05) is 0 Å². The molecule has 2 aromatic carbocycles. The maximum absolute atomic E-state index is 10.8. The summed E-state index contributed by atoms with van der Waals surface area (Å²) in [6, 6.07) is 9.36. The lowest BCUT2D eigenvalue weighted by atomic mass is 10.2. The monoisotopic (exact) mass is 304 g/mol. The van der Waals surface area contributed by atoms with Crippen molar-refractivity contribution in [1.29, 1.82) is 0 Å². The van der Waals surface area contributed by atoms with Gasteiger partial charge in [0.1, 0.15) is 23.9 Å². The van der Waals surface area contributed by atoms with Gasteiger partial charge in [0, 0.05) is 11.6 Å². The summed E-state index contributed by atoms with van der Waals surface area (Å²) in [7, 11) is 3.11. The van der Waals surface area contributed by atoms with E-state index in [1.165, 1.54) is 18.2 Å². The molecule has 0 radical (unpaired) electrons. The van der Waals surface area contributed by atoms with Crippen molar-refractivity contribution >= 4 is 11.4 Å². The predicted octanol–water partition coefficient (Wildman–Crippen LogP) is 2.77. The summed E-state index contributed by atoms with van der Waals surface area (Å²) < 4.78 is 16.0. The summed E-state index contributed by atoms with van der Waals surface area (Å²) in [5.41, 5.74) is 6.76. The average molecular weight is 304 g/mol. The molecule has 0 saturated heterocycles. The number of non-ortho nitro benzene ring substituents is 1. The summed E-state index contributed by atoms with van der Waals surface area (Å²) in [5, 5.41) is 10.8. The fourth-order valence-corrected chi connectivity index (χ4v) is 1.91. The number of nitrogen functional groups attached to an aromatic ring is 1. The van der Waals surface area contributed by atoms with E-state index in [9.17, 15) is 10.1 Å². The first-order valence-electron chi connectivity index (χ1n) is 6.42. The summed E-state index contributed by atoms with van der Waals surface area (Å²) in [6.45, 7) is 0.145. The standard InChI is InChI=1S/C15H16N2O5/c1-20-12-4-6-14(21-2)10(7-12)9-22-15-8-11(17(18)19)3-5-13(15)16/h3-8H,9,16H2,1-2H3. The smallest absolute Gasteiger partial charge is 0.273 e. The third-order valence-corrected chi connectivity index (χ3v) is 3.08. The van der Waals surface area contributed by atoms with Crippen molar-refractivity contribution in [3.05, 3.63) is 52.1 Å². The Balaban J connectivity index is 2.22. The number of benzene rings is 2. The van der Waals surface area contributed by atoms with Crippen LogP contribution in [0.25, 0.3) is 0 Å². The van der Waals surface area contributed by atoms with Gasteiger partial charge in [0.05, 0.1) is 30.9 Å². The largest absolute Gasteiger partial charge is 0.497 e. The van der Waals surface area contributed by atoms with Gasteiger partial charge in [-0.1, -0.05) is 0 Å². The van der Waals surface area contributed by atoms with E-state index in [0.717, 1.165) is 5.56 Å². The highest BCUT2D eigenvalue weighted by molar-refractivity contribution is 5.57. The topological polar surface area (TPSA) is 96.8 Å². The van der Waals surface area contributed by atoms with Crippen LogP contribution in [0.15, 0.2) is 36.4 Å². The highest BCUT2D eigenvalue weighted by Crippen LogP contribution is 2.30. The van der Waals surface area contributed by atoms with Crippen molar-refractivity contribution in [2.75, 3.05) is 20.0 Å². The van der Waals surface area contributed by atoms with Gasteiger partial charge in [0.15, 0.2) is 0 Å². The van der Waals surface area contributed by atoms with Crippen LogP contribution in [0.5, 0.6) is 17.2 Å². The van der Waals surface area contributed by atoms with Gasteiger partial charge < -0.3 is 19.9 Å². The molecule has 22 heavy (non-hydrogen) atoms. The van der Waals surface area contributed by atoms with Crippen molar-refractivity contribution in [1.82, 2.24) is 0 Å². The fraction of sp³-hybridized carbons (Fsp3) is 0.200. The Kier molecular flexibility index (Phi) is 4.67. The van der Waals surface area contributed by atoms with Gasteiger partial charge in [0.2, 0.25) is 0 Å². The normalized spacial score (nSPS) is 10.1. The second-order valence-corrected chi connectivity index (χ2v) is 4.45. The zero-order valence-corrected chi connectivity index (χ0v) is 12.2. The van der Waals surface area contributed by atoms with E-state index in [0.29, 0.717) is 17.2 Å². The van der Waals surface area contributed by atoms with Crippen molar-refractivity contribution in [3.8, 4) is 17.2 Å². The van der Waals surface area contributed by atoms with Crippen molar-refractivity contribution in [2.45, 2.75) is 6.61 Å². The minimum absolute atomic E-state index is 0.0817. The average Bonchev–Trinajstić information content (AvgIpc) is 2.53. The summed E-state index contributed by atoms with van der Waals surface area (Å²) >= 11 is 0. The Morgan fingerprint density at radius 2 is 1.86 bits per heavy atom. The molecule has 116 valence electrons. The first-order valence-corrected chi connectivity index (χ1v) is 6.42. The van der Waals surface area contributed by atoms with Gasteiger partial charge in [-0.25, -0.2) is 0 Å². The summed E-state index contributed by atoms with van der Waals surface area (Å²) in [6.07, 6.45) is 0. The number of nitrogens with two attached hydrogens (primary N) is 1. The van der Waals surface area contributed by atoms with Crippen LogP contribution in [-0.4, -0.2) is 19.1 Å². The highest BCUT2D eigenvalue weighted by atomic mass is 16.6. The quantitative estimate of drug-likeness (QED) is 0.500. The van der Waals surface area contributed by atoms with Gasteiger partial charge in [0.25, 0.3) is 5.69 Å². The van der Waals surface area contributed by atoms with Gasteiger partial charge in [-0.3, -0.25) is 10.1 Å². The number of nitro benzene ring substituents is 1. The van der Waals surface area contributed by atoms with Crippen molar-refractivity contribution in [2.24, 2.45) is 0 Å². The van der Waals surface area contributed by atoms with E-state index in [2.05, 4.69) is 0 Å². The molecular formula is C15H16N2O5. The number of nitro groups is 1. The lowest BCUT2D eigenvalue weighted by molar-refractivity contribution is -0.384. The lowest BCUT2D eigenvalue weighted by Crippen LogP contribution is -2.02. The molecule has 0 aromatic heterocycles. The Morgan fingerprint density at radius 1 is 1.09 bits per heavy atom. The summed E-state index contributed by atoms with van der Waals surface area (Å²) in [5.74, 6) is 1.54. The van der Waals surface area contributed by atoms with Crippen LogP contribution >= 0.6 is 0 Å². The molecule has 2 rings (SSSR count). The molecule has 0 bridgehead atoms. The SMILES string of the molecule is COc1ccc(OC)c(COc2cc([N+](=O)[O-])ccc2N)c1. The molecule has 0 atom stereocenters.